The minimum absolute atomic E-state index is 0.120. The fourth-order valence-electron chi connectivity index (χ4n) is 1.95. The number of anilines is 1. The van der Waals surface area contributed by atoms with Gasteiger partial charge in [0.15, 0.2) is 0 Å². The number of rotatable bonds is 3. The van der Waals surface area contributed by atoms with Crippen LogP contribution in [0.3, 0.4) is 0 Å². The van der Waals surface area contributed by atoms with E-state index in [1.807, 2.05) is 13.8 Å². The molecule has 0 N–H and O–H groups in total. The zero-order valence-electron chi connectivity index (χ0n) is 10.0. The molecule has 0 saturated heterocycles. The lowest BCUT2D eigenvalue weighted by Crippen LogP contribution is -2.32. The number of amides is 1. The second kappa shape index (κ2) is 4.21. The summed E-state index contributed by atoms with van der Waals surface area (Å²) in [5.41, 5.74) is 0.403. The topological polar surface area (TPSA) is 80.5 Å². The Labute approximate surface area is 103 Å². The van der Waals surface area contributed by atoms with Gasteiger partial charge in [0.05, 0.1) is 16.2 Å². The lowest BCUT2D eigenvalue weighted by molar-refractivity contribution is -0.384. The van der Waals surface area contributed by atoms with E-state index in [0.29, 0.717) is 12.2 Å². The Bertz CT molecular complexity index is 551. The average molecular weight is 248 g/mol. The summed E-state index contributed by atoms with van der Waals surface area (Å²) >= 11 is 0. The maximum absolute atomic E-state index is 11.8. The Hall–Kier alpha value is -2.24. The van der Waals surface area contributed by atoms with Crippen molar-refractivity contribution in [2.24, 2.45) is 5.92 Å². The standard InChI is InChI=1S/C12H12N2O4/c1-7(2)6-13-10-4-3-8(14(17)18)5-9(10)11(15)12(13)16/h3-5,7H,6H2,1-2H3. The maximum atomic E-state index is 11.8. The smallest absolute Gasteiger partial charge is 0.299 e. The second-order valence-corrected chi connectivity index (χ2v) is 4.60. The van der Waals surface area contributed by atoms with E-state index >= 15 is 0 Å². The molecule has 1 aliphatic heterocycles. The molecule has 1 aliphatic rings. The molecule has 0 atom stereocenters. The normalized spacial score (nSPS) is 14.3. The van der Waals surface area contributed by atoms with Crippen LogP contribution < -0.4 is 4.90 Å². The van der Waals surface area contributed by atoms with Gasteiger partial charge in [0, 0.05) is 18.7 Å². The summed E-state index contributed by atoms with van der Waals surface area (Å²) in [7, 11) is 0. The first-order valence-electron chi connectivity index (χ1n) is 5.56. The van der Waals surface area contributed by atoms with Gasteiger partial charge >= 0.3 is 0 Å². The molecule has 18 heavy (non-hydrogen) atoms. The molecule has 6 nitrogen and oxygen atoms in total. The zero-order chi connectivity index (χ0) is 13.4. The van der Waals surface area contributed by atoms with Gasteiger partial charge in [-0.2, -0.15) is 0 Å². The van der Waals surface area contributed by atoms with Gasteiger partial charge in [-0.1, -0.05) is 13.8 Å². The number of hydrogen-bond acceptors (Lipinski definition) is 4. The zero-order valence-corrected chi connectivity index (χ0v) is 10.0. The molecule has 0 radical (unpaired) electrons. The van der Waals surface area contributed by atoms with E-state index in [-0.39, 0.29) is 17.2 Å². The van der Waals surface area contributed by atoms with Gasteiger partial charge in [-0.3, -0.25) is 19.7 Å². The van der Waals surface area contributed by atoms with E-state index in [4.69, 9.17) is 0 Å². The molecule has 0 saturated carbocycles. The number of hydrogen-bond donors (Lipinski definition) is 0. The molecule has 0 unspecified atom stereocenters. The quantitative estimate of drug-likeness (QED) is 0.464. The van der Waals surface area contributed by atoms with Crippen LogP contribution >= 0.6 is 0 Å². The Morgan fingerprint density at radius 1 is 1.33 bits per heavy atom. The molecule has 6 heteroatoms. The first-order valence-corrected chi connectivity index (χ1v) is 5.56. The third-order valence-corrected chi connectivity index (χ3v) is 2.71. The molecule has 1 heterocycles. The van der Waals surface area contributed by atoms with Gasteiger partial charge in [0.1, 0.15) is 0 Å². The molecule has 1 amide bonds. The molecule has 1 aromatic carbocycles. The predicted molar refractivity (Wildman–Crippen MR) is 64.6 cm³/mol. The monoisotopic (exact) mass is 248 g/mol. The first kappa shape index (κ1) is 12.2. The van der Waals surface area contributed by atoms with Crippen LogP contribution in [0.1, 0.15) is 24.2 Å². The summed E-state index contributed by atoms with van der Waals surface area (Å²) in [4.78, 5) is 35.0. The molecule has 0 fully saturated rings. The highest BCUT2D eigenvalue weighted by molar-refractivity contribution is 6.52. The number of Topliss-reactive ketones (excluding diaryl/α,β-unsaturated/α-hetero) is 1. The highest BCUT2D eigenvalue weighted by Crippen LogP contribution is 2.32. The Morgan fingerprint density at radius 2 is 2.00 bits per heavy atom. The molecule has 0 spiro atoms. The molecule has 2 rings (SSSR count). The minimum Gasteiger partial charge on any atom is -0.304 e. The van der Waals surface area contributed by atoms with E-state index in [1.165, 1.54) is 17.0 Å². The van der Waals surface area contributed by atoms with Crippen molar-refractivity contribution in [2.45, 2.75) is 13.8 Å². The third-order valence-electron chi connectivity index (χ3n) is 2.71. The van der Waals surface area contributed by atoms with E-state index in [2.05, 4.69) is 0 Å². The summed E-state index contributed by atoms with van der Waals surface area (Å²) < 4.78 is 0. The van der Waals surface area contributed by atoms with Crippen LogP contribution in [0.25, 0.3) is 0 Å². The van der Waals surface area contributed by atoms with Gasteiger partial charge in [0.2, 0.25) is 0 Å². The number of non-ortho nitro benzene ring substituents is 1. The third kappa shape index (κ3) is 1.85. The molecule has 0 aliphatic carbocycles. The van der Waals surface area contributed by atoms with Crippen molar-refractivity contribution in [3.05, 3.63) is 33.9 Å². The molecular weight excluding hydrogens is 236 g/mol. The van der Waals surface area contributed by atoms with Crippen molar-refractivity contribution in [2.75, 3.05) is 11.4 Å². The van der Waals surface area contributed by atoms with E-state index in [1.54, 1.807) is 0 Å². The Balaban J connectivity index is 2.47. The lowest BCUT2D eigenvalue weighted by atomic mass is 10.1. The van der Waals surface area contributed by atoms with Crippen molar-refractivity contribution in [1.82, 2.24) is 0 Å². The first-order chi connectivity index (χ1) is 8.41. The van der Waals surface area contributed by atoms with Crippen molar-refractivity contribution < 1.29 is 14.5 Å². The highest BCUT2D eigenvalue weighted by atomic mass is 16.6. The summed E-state index contributed by atoms with van der Waals surface area (Å²) in [6.45, 7) is 4.29. The Kier molecular flexibility index (Phi) is 2.86. The summed E-state index contributed by atoms with van der Waals surface area (Å²) in [5, 5.41) is 10.6. The summed E-state index contributed by atoms with van der Waals surface area (Å²) in [6, 6.07) is 3.92. The molecule has 94 valence electrons. The van der Waals surface area contributed by atoms with Gasteiger partial charge < -0.3 is 4.90 Å². The fraction of sp³-hybridized carbons (Fsp3) is 0.333. The number of nitrogens with zero attached hydrogens (tertiary/aromatic N) is 2. The van der Waals surface area contributed by atoms with Crippen LogP contribution in [0.15, 0.2) is 18.2 Å². The summed E-state index contributed by atoms with van der Waals surface area (Å²) in [6.07, 6.45) is 0. The van der Waals surface area contributed by atoms with Gasteiger partial charge in [-0.25, -0.2) is 0 Å². The molecule has 0 bridgehead atoms. The number of ketones is 1. The van der Waals surface area contributed by atoms with Crippen LogP contribution in [0, 0.1) is 16.0 Å². The number of carbonyl (C=O) groups is 2. The Morgan fingerprint density at radius 3 is 2.56 bits per heavy atom. The van der Waals surface area contributed by atoms with Crippen LogP contribution in [0.5, 0.6) is 0 Å². The van der Waals surface area contributed by atoms with Crippen LogP contribution in [-0.2, 0) is 4.79 Å². The number of carbonyl (C=O) groups excluding carboxylic acids is 2. The SMILES string of the molecule is CC(C)CN1C(=O)C(=O)c2cc([N+](=O)[O-])ccc21. The number of nitro groups is 1. The minimum atomic E-state index is -0.672. The number of benzene rings is 1. The van der Waals surface area contributed by atoms with E-state index < -0.39 is 16.6 Å². The molecule has 1 aromatic rings. The largest absolute Gasteiger partial charge is 0.304 e. The van der Waals surface area contributed by atoms with Gasteiger partial charge in [-0.05, 0) is 12.0 Å². The number of fused-ring (bicyclic) bond motifs is 1. The van der Waals surface area contributed by atoms with E-state index in [9.17, 15) is 19.7 Å². The fourth-order valence-corrected chi connectivity index (χ4v) is 1.95. The second-order valence-electron chi connectivity index (χ2n) is 4.60. The highest BCUT2D eigenvalue weighted by Gasteiger charge is 2.37. The summed E-state index contributed by atoms with van der Waals surface area (Å²) in [5.74, 6) is -1.07. The van der Waals surface area contributed by atoms with Gasteiger partial charge in [0.25, 0.3) is 17.4 Å². The van der Waals surface area contributed by atoms with Crippen molar-refractivity contribution in [3.8, 4) is 0 Å². The van der Waals surface area contributed by atoms with Gasteiger partial charge in [-0.15, -0.1) is 0 Å². The predicted octanol–water partition coefficient (Wildman–Crippen LogP) is 1.78. The van der Waals surface area contributed by atoms with Crippen LogP contribution in [-0.4, -0.2) is 23.2 Å². The molecule has 0 aromatic heterocycles. The number of nitro benzene ring substituents is 1. The van der Waals surface area contributed by atoms with Crippen molar-refractivity contribution in [1.29, 1.82) is 0 Å². The molecular formula is C12H12N2O4. The average Bonchev–Trinajstić information content (AvgIpc) is 2.54. The van der Waals surface area contributed by atoms with Crippen molar-refractivity contribution >= 4 is 23.1 Å². The van der Waals surface area contributed by atoms with Crippen LogP contribution in [0.4, 0.5) is 11.4 Å². The van der Waals surface area contributed by atoms with Crippen LogP contribution in [0.2, 0.25) is 0 Å². The van der Waals surface area contributed by atoms with E-state index in [0.717, 1.165) is 6.07 Å². The lowest BCUT2D eigenvalue weighted by Gasteiger charge is -2.18. The van der Waals surface area contributed by atoms with Crippen molar-refractivity contribution in [3.63, 3.8) is 0 Å². The maximum Gasteiger partial charge on any atom is 0.299 e.